The van der Waals surface area contributed by atoms with E-state index in [0.29, 0.717) is 11.4 Å². The number of nitrogens with zero attached hydrogens (tertiary/aromatic N) is 3. The molecule has 0 aliphatic carbocycles. The van der Waals surface area contributed by atoms with Gasteiger partial charge in [-0.05, 0) is 19.8 Å². The van der Waals surface area contributed by atoms with Crippen molar-refractivity contribution in [1.82, 2.24) is 20.0 Å². The fourth-order valence-electron chi connectivity index (χ4n) is 2.07. The van der Waals surface area contributed by atoms with Crippen LogP contribution in [-0.4, -0.2) is 25.9 Å². The summed E-state index contributed by atoms with van der Waals surface area (Å²) in [6, 6.07) is 0. The maximum absolute atomic E-state index is 12.0. The van der Waals surface area contributed by atoms with Gasteiger partial charge in [0, 0.05) is 12.6 Å². The van der Waals surface area contributed by atoms with E-state index in [0.717, 1.165) is 29.6 Å². The SMILES string of the molecule is CCC=C(C)C(=O)Nc1[nH]nc2c1c(CC)nn2C. The molecule has 0 unspecified atom stereocenters. The minimum Gasteiger partial charge on any atom is -0.307 e. The summed E-state index contributed by atoms with van der Waals surface area (Å²) in [4.78, 5) is 12.0. The van der Waals surface area contributed by atoms with Crippen molar-refractivity contribution in [2.75, 3.05) is 5.32 Å². The summed E-state index contributed by atoms with van der Waals surface area (Å²) in [5.41, 5.74) is 2.38. The lowest BCUT2D eigenvalue weighted by Gasteiger charge is -2.03. The molecule has 0 aliphatic rings. The van der Waals surface area contributed by atoms with E-state index in [1.54, 1.807) is 11.6 Å². The number of carbonyl (C=O) groups is 1. The zero-order valence-electron chi connectivity index (χ0n) is 11.7. The first kappa shape index (κ1) is 13.3. The lowest BCUT2D eigenvalue weighted by Crippen LogP contribution is -2.13. The monoisotopic (exact) mass is 261 g/mol. The van der Waals surface area contributed by atoms with Gasteiger partial charge < -0.3 is 5.32 Å². The third-order valence-electron chi connectivity index (χ3n) is 3.05. The molecule has 0 aliphatic heterocycles. The lowest BCUT2D eigenvalue weighted by molar-refractivity contribution is -0.112. The molecule has 2 aromatic rings. The molecule has 2 rings (SSSR count). The first-order valence-electron chi connectivity index (χ1n) is 6.46. The number of aryl methyl sites for hydroxylation is 2. The number of carbonyl (C=O) groups excluding carboxylic acids is 1. The molecule has 0 fully saturated rings. The van der Waals surface area contributed by atoms with Crippen LogP contribution >= 0.6 is 0 Å². The van der Waals surface area contributed by atoms with Gasteiger partial charge in [-0.25, -0.2) is 4.68 Å². The number of aromatic nitrogens is 4. The van der Waals surface area contributed by atoms with Gasteiger partial charge in [-0.15, -0.1) is 0 Å². The van der Waals surface area contributed by atoms with E-state index in [4.69, 9.17) is 0 Å². The number of hydrogen-bond donors (Lipinski definition) is 2. The molecule has 1 amide bonds. The highest BCUT2D eigenvalue weighted by molar-refractivity contribution is 6.07. The molecule has 2 aromatic heterocycles. The number of fused-ring (bicyclic) bond motifs is 1. The van der Waals surface area contributed by atoms with E-state index in [1.165, 1.54) is 0 Å². The number of anilines is 1. The molecule has 0 bridgehead atoms. The van der Waals surface area contributed by atoms with Gasteiger partial charge in [0.2, 0.25) is 0 Å². The predicted octanol–water partition coefficient (Wildman–Crippen LogP) is 2.15. The molecule has 2 heterocycles. The Balaban J connectivity index is 2.36. The third-order valence-corrected chi connectivity index (χ3v) is 3.05. The third kappa shape index (κ3) is 2.38. The van der Waals surface area contributed by atoms with Crippen LogP contribution in [0.2, 0.25) is 0 Å². The second kappa shape index (κ2) is 5.26. The van der Waals surface area contributed by atoms with E-state index >= 15 is 0 Å². The van der Waals surface area contributed by atoms with Crippen LogP contribution in [-0.2, 0) is 18.3 Å². The highest BCUT2D eigenvalue weighted by Gasteiger charge is 2.17. The summed E-state index contributed by atoms with van der Waals surface area (Å²) in [7, 11) is 1.84. The summed E-state index contributed by atoms with van der Waals surface area (Å²) in [6.07, 6.45) is 3.53. The molecule has 0 saturated carbocycles. The van der Waals surface area contributed by atoms with Crippen LogP contribution in [0.15, 0.2) is 11.6 Å². The Morgan fingerprint density at radius 1 is 1.47 bits per heavy atom. The zero-order valence-corrected chi connectivity index (χ0v) is 11.7. The molecule has 0 saturated heterocycles. The van der Waals surface area contributed by atoms with Crippen molar-refractivity contribution in [2.24, 2.45) is 7.05 Å². The summed E-state index contributed by atoms with van der Waals surface area (Å²) < 4.78 is 1.72. The fourth-order valence-corrected chi connectivity index (χ4v) is 2.07. The Morgan fingerprint density at radius 2 is 2.21 bits per heavy atom. The van der Waals surface area contributed by atoms with E-state index in [1.807, 2.05) is 27.0 Å². The molecule has 0 aromatic carbocycles. The Labute approximate surface area is 111 Å². The molecular formula is C13H19N5O. The van der Waals surface area contributed by atoms with Gasteiger partial charge in [-0.3, -0.25) is 9.89 Å². The number of hydrogen-bond acceptors (Lipinski definition) is 3. The Kier molecular flexibility index (Phi) is 3.69. The van der Waals surface area contributed by atoms with Crippen molar-refractivity contribution in [3.8, 4) is 0 Å². The average molecular weight is 261 g/mol. The summed E-state index contributed by atoms with van der Waals surface area (Å²) >= 11 is 0. The number of nitrogens with one attached hydrogen (secondary N) is 2. The number of allylic oxidation sites excluding steroid dienone is 1. The van der Waals surface area contributed by atoms with Gasteiger partial charge in [0.15, 0.2) is 5.65 Å². The highest BCUT2D eigenvalue weighted by atomic mass is 16.1. The molecular weight excluding hydrogens is 242 g/mol. The first-order chi connectivity index (χ1) is 9.08. The fraction of sp³-hybridized carbons (Fsp3) is 0.462. The molecule has 0 spiro atoms. The Morgan fingerprint density at radius 3 is 2.84 bits per heavy atom. The standard InChI is InChI=1S/C13H19N5O/c1-5-7-8(3)13(19)14-11-10-9(6-2)17-18(4)12(10)16-15-11/h7H,5-6H2,1-4H3,(H2,14,15,16,19). The van der Waals surface area contributed by atoms with Crippen molar-refractivity contribution in [3.05, 3.63) is 17.3 Å². The lowest BCUT2D eigenvalue weighted by atomic mass is 10.2. The van der Waals surface area contributed by atoms with Crippen molar-refractivity contribution < 1.29 is 4.79 Å². The quantitative estimate of drug-likeness (QED) is 0.828. The smallest absolute Gasteiger partial charge is 0.252 e. The van der Waals surface area contributed by atoms with E-state index < -0.39 is 0 Å². The van der Waals surface area contributed by atoms with Gasteiger partial charge in [0.1, 0.15) is 5.82 Å². The molecule has 6 heteroatoms. The first-order valence-corrected chi connectivity index (χ1v) is 6.46. The number of H-pyrrole nitrogens is 1. The number of rotatable bonds is 4. The summed E-state index contributed by atoms with van der Waals surface area (Å²) in [6.45, 7) is 5.83. The summed E-state index contributed by atoms with van der Waals surface area (Å²) in [5, 5.41) is 15.2. The van der Waals surface area contributed by atoms with Crippen LogP contribution in [0.4, 0.5) is 5.82 Å². The second-order valence-electron chi connectivity index (χ2n) is 4.47. The Bertz CT molecular complexity index is 635. The van der Waals surface area contributed by atoms with Gasteiger partial charge in [-0.1, -0.05) is 19.9 Å². The van der Waals surface area contributed by atoms with Crippen molar-refractivity contribution in [1.29, 1.82) is 0 Å². The van der Waals surface area contributed by atoms with Crippen LogP contribution in [0.25, 0.3) is 11.0 Å². The normalized spacial score (nSPS) is 12.1. The van der Waals surface area contributed by atoms with Crippen LogP contribution in [0, 0.1) is 0 Å². The predicted molar refractivity (Wildman–Crippen MR) is 74.9 cm³/mol. The van der Waals surface area contributed by atoms with Gasteiger partial charge in [-0.2, -0.15) is 10.2 Å². The number of aromatic amines is 1. The maximum Gasteiger partial charge on any atom is 0.252 e. The molecule has 102 valence electrons. The van der Waals surface area contributed by atoms with Crippen LogP contribution in [0.1, 0.15) is 32.9 Å². The van der Waals surface area contributed by atoms with Crippen molar-refractivity contribution in [2.45, 2.75) is 33.6 Å². The summed E-state index contributed by atoms with van der Waals surface area (Å²) in [5.74, 6) is 0.507. The molecule has 0 radical (unpaired) electrons. The van der Waals surface area contributed by atoms with E-state index in [9.17, 15) is 4.79 Å². The molecule has 6 nitrogen and oxygen atoms in total. The molecule has 0 atom stereocenters. The second-order valence-corrected chi connectivity index (χ2v) is 4.47. The Hall–Kier alpha value is -2.11. The van der Waals surface area contributed by atoms with Gasteiger partial charge >= 0.3 is 0 Å². The van der Waals surface area contributed by atoms with Crippen LogP contribution in [0.3, 0.4) is 0 Å². The largest absolute Gasteiger partial charge is 0.307 e. The van der Waals surface area contributed by atoms with E-state index in [2.05, 4.69) is 20.6 Å². The zero-order chi connectivity index (χ0) is 14.0. The average Bonchev–Trinajstić information content (AvgIpc) is 2.92. The van der Waals surface area contributed by atoms with Crippen molar-refractivity contribution in [3.63, 3.8) is 0 Å². The van der Waals surface area contributed by atoms with Crippen LogP contribution < -0.4 is 5.32 Å². The minimum atomic E-state index is -0.113. The topological polar surface area (TPSA) is 75.6 Å². The number of amides is 1. The van der Waals surface area contributed by atoms with Crippen LogP contribution in [0.5, 0.6) is 0 Å². The van der Waals surface area contributed by atoms with E-state index in [-0.39, 0.29) is 5.91 Å². The van der Waals surface area contributed by atoms with Gasteiger partial charge in [0.25, 0.3) is 5.91 Å². The molecule has 19 heavy (non-hydrogen) atoms. The van der Waals surface area contributed by atoms with Gasteiger partial charge in [0.05, 0.1) is 11.1 Å². The molecule has 2 N–H and O–H groups in total. The maximum atomic E-state index is 12.0. The minimum absolute atomic E-state index is 0.113. The highest BCUT2D eigenvalue weighted by Crippen LogP contribution is 2.24. The van der Waals surface area contributed by atoms with Crippen molar-refractivity contribution >= 4 is 22.8 Å².